The van der Waals surface area contributed by atoms with Crippen LogP contribution in [0.2, 0.25) is 0 Å². The summed E-state index contributed by atoms with van der Waals surface area (Å²) in [5, 5.41) is 3.73. The maximum atomic E-state index is 12.1. The molecule has 116 valence electrons. The summed E-state index contributed by atoms with van der Waals surface area (Å²) >= 11 is 1.51. The van der Waals surface area contributed by atoms with Gasteiger partial charge in [0.05, 0.1) is 30.0 Å². The van der Waals surface area contributed by atoms with E-state index in [2.05, 4.69) is 20.3 Å². The molecule has 0 aliphatic heterocycles. The molecule has 1 N–H and O–H groups in total. The minimum absolute atomic E-state index is 0.0324. The molecule has 0 bridgehead atoms. The monoisotopic (exact) mass is 324 g/mol. The Morgan fingerprint density at radius 3 is 2.61 bits per heavy atom. The van der Waals surface area contributed by atoms with E-state index < -0.39 is 0 Å². The zero-order valence-corrected chi connectivity index (χ0v) is 13.5. The summed E-state index contributed by atoms with van der Waals surface area (Å²) in [5.74, 6) is -0.0324. The summed E-state index contributed by atoms with van der Waals surface area (Å²) in [7, 11) is 0. The standard InChI is InChI=1S/C17H16N4OS/c1-12-15(23-17(21-12)14-7-3-5-9-19-14)10-16(22)20-11-13-6-2-4-8-18-13/h2-9H,10-11H2,1H3,(H,20,22). The van der Waals surface area contributed by atoms with Crippen LogP contribution in [0, 0.1) is 6.92 Å². The summed E-state index contributed by atoms with van der Waals surface area (Å²) in [4.78, 5) is 26.1. The van der Waals surface area contributed by atoms with Gasteiger partial charge in [-0.25, -0.2) is 4.98 Å². The minimum atomic E-state index is -0.0324. The van der Waals surface area contributed by atoms with Crippen LogP contribution >= 0.6 is 11.3 Å². The molecule has 5 nitrogen and oxygen atoms in total. The van der Waals surface area contributed by atoms with Crippen LogP contribution < -0.4 is 5.32 Å². The molecule has 0 radical (unpaired) electrons. The quantitative estimate of drug-likeness (QED) is 0.783. The van der Waals surface area contributed by atoms with Gasteiger partial charge >= 0.3 is 0 Å². The third-order valence-electron chi connectivity index (χ3n) is 3.29. The highest BCUT2D eigenvalue weighted by atomic mass is 32.1. The van der Waals surface area contributed by atoms with Crippen molar-refractivity contribution in [2.45, 2.75) is 19.9 Å². The number of rotatable bonds is 5. The van der Waals surface area contributed by atoms with Gasteiger partial charge in [0.15, 0.2) is 0 Å². The molecule has 0 aliphatic carbocycles. The molecule has 0 saturated heterocycles. The highest BCUT2D eigenvalue weighted by Crippen LogP contribution is 2.26. The van der Waals surface area contributed by atoms with Crippen molar-refractivity contribution in [1.29, 1.82) is 0 Å². The fraction of sp³-hybridized carbons (Fsp3) is 0.176. The van der Waals surface area contributed by atoms with Gasteiger partial charge in [-0.1, -0.05) is 12.1 Å². The highest BCUT2D eigenvalue weighted by Gasteiger charge is 2.13. The number of amides is 1. The Kier molecular flexibility index (Phi) is 4.73. The molecule has 0 saturated carbocycles. The maximum Gasteiger partial charge on any atom is 0.225 e. The number of thiazole rings is 1. The van der Waals surface area contributed by atoms with E-state index in [1.165, 1.54) is 11.3 Å². The van der Waals surface area contributed by atoms with Crippen molar-refractivity contribution in [1.82, 2.24) is 20.3 Å². The van der Waals surface area contributed by atoms with Gasteiger partial charge in [-0.15, -0.1) is 11.3 Å². The first-order chi connectivity index (χ1) is 11.2. The summed E-state index contributed by atoms with van der Waals surface area (Å²) in [6, 6.07) is 11.4. The number of hydrogen-bond donors (Lipinski definition) is 1. The third-order valence-corrected chi connectivity index (χ3v) is 4.47. The average Bonchev–Trinajstić information content (AvgIpc) is 2.95. The van der Waals surface area contributed by atoms with Gasteiger partial charge in [0.1, 0.15) is 5.01 Å². The Labute approximate surface area is 138 Å². The van der Waals surface area contributed by atoms with Crippen molar-refractivity contribution in [3.8, 4) is 10.7 Å². The topological polar surface area (TPSA) is 67.8 Å². The lowest BCUT2D eigenvalue weighted by atomic mass is 10.3. The van der Waals surface area contributed by atoms with Crippen LogP contribution in [0.3, 0.4) is 0 Å². The number of carbonyl (C=O) groups is 1. The Morgan fingerprint density at radius 1 is 1.13 bits per heavy atom. The molecule has 23 heavy (non-hydrogen) atoms. The third kappa shape index (κ3) is 3.98. The molecule has 3 heterocycles. The summed E-state index contributed by atoms with van der Waals surface area (Å²) in [6.45, 7) is 2.36. The Hall–Kier alpha value is -2.60. The van der Waals surface area contributed by atoms with Gasteiger partial charge < -0.3 is 5.32 Å². The molecule has 0 aromatic carbocycles. The van der Waals surface area contributed by atoms with E-state index in [1.807, 2.05) is 43.3 Å². The van der Waals surface area contributed by atoms with E-state index in [-0.39, 0.29) is 5.91 Å². The average molecular weight is 324 g/mol. The van der Waals surface area contributed by atoms with E-state index >= 15 is 0 Å². The van der Waals surface area contributed by atoms with Crippen molar-refractivity contribution < 1.29 is 4.79 Å². The lowest BCUT2D eigenvalue weighted by molar-refractivity contribution is -0.120. The number of nitrogens with zero attached hydrogens (tertiary/aromatic N) is 3. The van der Waals surface area contributed by atoms with E-state index in [0.717, 1.165) is 27.0 Å². The minimum Gasteiger partial charge on any atom is -0.350 e. The summed E-state index contributed by atoms with van der Waals surface area (Å²) in [5.41, 5.74) is 2.56. The van der Waals surface area contributed by atoms with Crippen LogP contribution in [0.1, 0.15) is 16.3 Å². The second kappa shape index (κ2) is 7.11. The second-order valence-corrected chi connectivity index (χ2v) is 6.10. The zero-order valence-electron chi connectivity index (χ0n) is 12.7. The smallest absolute Gasteiger partial charge is 0.225 e. The lowest BCUT2D eigenvalue weighted by Gasteiger charge is -2.03. The van der Waals surface area contributed by atoms with Gasteiger partial charge in [-0.3, -0.25) is 14.8 Å². The van der Waals surface area contributed by atoms with Crippen LogP contribution in [-0.4, -0.2) is 20.9 Å². The Morgan fingerprint density at radius 2 is 1.91 bits per heavy atom. The molecule has 0 fully saturated rings. The van der Waals surface area contributed by atoms with Crippen LogP contribution in [0.4, 0.5) is 0 Å². The van der Waals surface area contributed by atoms with Crippen LogP contribution in [-0.2, 0) is 17.8 Å². The molecular formula is C17H16N4OS. The first-order valence-corrected chi connectivity index (χ1v) is 8.08. The molecule has 1 amide bonds. The fourth-order valence-corrected chi connectivity index (χ4v) is 3.13. The molecule has 0 unspecified atom stereocenters. The molecule has 3 aromatic rings. The number of aromatic nitrogens is 3. The highest BCUT2D eigenvalue weighted by molar-refractivity contribution is 7.15. The molecule has 3 rings (SSSR count). The van der Waals surface area contributed by atoms with Crippen LogP contribution in [0.5, 0.6) is 0 Å². The van der Waals surface area contributed by atoms with E-state index in [0.29, 0.717) is 13.0 Å². The normalized spacial score (nSPS) is 10.5. The SMILES string of the molecule is Cc1nc(-c2ccccn2)sc1CC(=O)NCc1ccccn1. The van der Waals surface area contributed by atoms with Gasteiger partial charge in [-0.05, 0) is 31.2 Å². The number of carbonyl (C=O) groups excluding carboxylic acids is 1. The van der Waals surface area contributed by atoms with Crippen molar-refractivity contribution in [3.05, 3.63) is 65.1 Å². The van der Waals surface area contributed by atoms with Gasteiger partial charge in [0, 0.05) is 17.3 Å². The van der Waals surface area contributed by atoms with E-state index in [9.17, 15) is 4.79 Å². The van der Waals surface area contributed by atoms with Crippen molar-refractivity contribution in [2.24, 2.45) is 0 Å². The van der Waals surface area contributed by atoms with Gasteiger partial charge in [0.25, 0.3) is 0 Å². The fourth-order valence-electron chi connectivity index (χ4n) is 2.09. The first-order valence-electron chi connectivity index (χ1n) is 7.26. The summed E-state index contributed by atoms with van der Waals surface area (Å²) < 4.78 is 0. The Balaban J connectivity index is 1.64. The van der Waals surface area contributed by atoms with Crippen LogP contribution in [0.25, 0.3) is 10.7 Å². The molecular weight excluding hydrogens is 308 g/mol. The van der Waals surface area contributed by atoms with Crippen molar-refractivity contribution >= 4 is 17.2 Å². The second-order valence-electron chi connectivity index (χ2n) is 5.02. The molecule has 0 spiro atoms. The number of hydrogen-bond acceptors (Lipinski definition) is 5. The molecule has 0 atom stereocenters. The zero-order chi connectivity index (χ0) is 16.1. The lowest BCUT2D eigenvalue weighted by Crippen LogP contribution is -2.24. The maximum absolute atomic E-state index is 12.1. The van der Waals surface area contributed by atoms with Gasteiger partial charge in [0.2, 0.25) is 5.91 Å². The number of nitrogens with one attached hydrogen (secondary N) is 1. The largest absolute Gasteiger partial charge is 0.350 e. The van der Waals surface area contributed by atoms with E-state index in [1.54, 1.807) is 12.4 Å². The predicted octanol–water partition coefficient (Wildman–Crippen LogP) is 2.77. The van der Waals surface area contributed by atoms with Crippen LogP contribution in [0.15, 0.2) is 48.8 Å². The number of aryl methyl sites for hydroxylation is 1. The predicted molar refractivity (Wildman–Crippen MR) is 89.9 cm³/mol. The molecule has 0 aliphatic rings. The van der Waals surface area contributed by atoms with Crippen molar-refractivity contribution in [3.63, 3.8) is 0 Å². The molecule has 6 heteroatoms. The summed E-state index contributed by atoms with van der Waals surface area (Å²) in [6.07, 6.45) is 3.78. The Bertz CT molecular complexity index is 787. The van der Waals surface area contributed by atoms with Crippen molar-refractivity contribution in [2.75, 3.05) is 0 Å². The first kappa shape index (κ1) is 15.3. The molecule has 3 aromatic heterocycles. The van der Waals surface area contributed by atoms with E-state index in [4.69, 9.17) is 0 Å². The number of pyridine rings is 2. The van der Waals surface area contributed by atoms with Gasteiger partial charge in [-0.2, -0.15) is 0 Å².